The monoisotopic (exact) mass is 239 g/mol. The van der Waals surface area contributed by atoms with Gasteiger partial charge in [-0.05, 0) is 17.7 Å². The molecule has 1 saturated heterocycles. The lowest BCUT2D eigenvalue weighted by Crippen LogP contribution is -2.16. The molecule has 0 bridgehead atoms. The number of rotatable bonds is 5. The molecule has 1 aromatic rings. The molecule has 1 aliphatic heterocycles. The second-order valence-electron chi connectivity index (χ2n) is 3.90. The van der Waals surface area contributed by atoms with Crippen LogP contribution in [0.3, 0.4) is 0 Å². The molecule has 1 atom stereocenters. The van der Waals surface area contributed by atoms with E-state index in [-0.39, 0.29) is 6.10 Å². The van der Waals surface area contributed by atoms with Crippen LogP contribution in [0.2, 0.25) is 0 Å². The number of hydrogen-bond donors (Lipinski definition) is 1. The summed E-state index contributed by atoms with van der Waals surface area (Å²) in [6.45, 7) is 1.72. The van der Waals surface area contributed by atoms with Crippen LogP contribution in [-0.4, -0.2) is 26.4 Å². The molecule has 0 spiro atoms. The molecule has 1 aliphatic rings. The van der Waals surface area contributed by atoms with Gasteiger partial charge in [-0.3, -0.25) is 4.84 Å². The summed E-state index contributed by atoms with van der Waals surface area (Å²) in [6.07, 6.45) is 0.999. The van der Waals surface area contributed by atoms with Crippen LogP contribution in [0.5, 0.6) is 11.5 Å². The molecule has 1 unspecified atom stereocenters. The molecule has 0 aromatic heterocycles. The highest BCUT2D eigenvalue weighted by Crippen LogP contribution is 2.30. The van der Waals surface area contributed by atoms with E-state index in [1.165, 1.54) is 0 Å². The fourth-order valence-electron chi connectivity index (χ4n) is 1.78. The Bertz CT molecular complexity index is 364. The maximum absolute atomic E-state index is 5.84. The van der Waals surface area contributed by atoms with Crippen molar-refractivity contribution in [3.05, 3.63) is 23.8 Å². The van der Waals surface area contributed by atoms with Gasteiger partial charge in [0.25, 0.3) is 0 Å². The third-order valence-electron chi connectivity index (χ3n) is 2.66. The van der Waals surface area contributed by atoms with Crippen LogP contribution >= 0.6 is 0 Å². The molecule has 1 fully saturated rings. The van der Waals surface area contributed by atoms with E-state index in [0.29, 0.717) is 24.7 Å². The molecular formula is C12H17NO4. The van der Waals surface area contributed by atoms with Gasteiger partial charge < -0.3 is 14.2 Å². The molecular weight excluding hydrogens is 222 g/mol. The third-order valence-corrected chi connectivity index (χ3v) is 2.66. The standard InChI is InChI=1S/C12H17NO4/c1-14-11-3-2-9(7-16-13)6-12(11)17-10-4-5-15-8-10/h2-3,6,10H,4-5,7-8,13H2,1H3. The van der Waals surface area contributed by atoms with Gasteiger partial charge in [0, 0.05) is 6.42 Å². The molecule has 5 heteroatoms. The Kier molecular flexibility index (Phi) is 4.19. The van der Waals surface area contributed by atoms with E-state index < -0.39 is 0 Å². The average molecular weight is 239 g/mol. The van der Waals surface area contributed by atoms with Gasteiger partial charge in [0.2, 0.25) is 0 Å². The van der Waals surface area contributed by atoms with Crippen LogP contribution in [0.4, 0.5) is 0 Å². The zero-order valence-corrected chi connectivity index (χ0v) is 9.85. The number of methoxy groups -OCH3 is 1. The highest BCUT2D eigenvalue weighted by atomic mass is 16.6. The number of benzene rings is 1. The minimum atomic E-state index is 0.0953. The zero-order valence-electron chi connectivity index (χ0n) is 9.85. The van der Waals surface area contributed by atoms with E-state index in [4.69, 9.17) is 20.1 Å². The first kappa shape index (κ1) is 12.2. The van der Waals surface area contributed by atoms with Crippen LogP contribution in [0, 0.1) is 0 Å². The molecule has 1 aromatic carbocycles. The molecule has 2 rings (SSSR count). The summed E-state index contributed by atoms with van der Waals surface area (Å²) < 4.78 is 16.4. The number of hydrogen-bond acceptors (Lipinski definition) is 5. The van der Waals surface area contributed by atoms with Crippen molar-refractivity contribution in [2.45, 2.75) is 19.1 Å². The Morgan fingerprint density at radius 3 is 2.94 bits per heavy atom. The largest absolute Gasteiger partial charge is 0.493 e. The maximum atomic E-state index is 5.84. The first-order chi connectivity index (χ1) is 8.33. The quantitative estimate of drug-likeness (QED) is 0.783. The number of nitrogens with two attached hydrogens (primary N) is 1. The zero-order chi connectivity index (χ0) is 12.1. The average Bonchev–Trinajstić information content (AvgIpc) is 2.83. The molecule has 17 heavy (non-hydrogen) atoms. The maximum Gasteiger partial charge on any atom is 0.162 e. The van der Waals surface area contributed by atoms with Gasteiger partial charge in [-0.1, -0.05) is 6.07 Å². The van der Waals surface area contributed by atoms with Crippen molar-refractivity contribution in [2.75, 3.05) is 20.3 Å². The Hall–Kier alpha value is -1.30. The Labute approximate surface area is 100 Å². The molecule has 94 valence electrons. The predicted octanol–water partition coefficient (Wildman–Crippen LogP) is 1.25. The normalized spacial score (nSPS) is 19.3. The van der Waals surface area contributed by atoms with E-state index in [9.17, 15) is 0 Å². The van der Waals surface area contributed by atoms with Crippen molar-refractivity contribution in [1.82, 2.24) is 0 Å². The number of ether oxygens (including phenoxy) is 3. The lowest BCUT2D eigenvalue weighted by molar-refractivity contribution is 0.122. The van der Waals surface area contributed by atoms with Gasteiger partial charge in [-0.25, -0.2) is 5.90 Å². The van der Waals surface area contributed by atoms with Crippen molar-refractivity contribution < 1.29 is 19.0 Å². The van der Waals surface area contributed by atoms with Crippen molar-refractivity contribution >= 4 is 0 Å². The first-order valence-corrected chi connectivity index (χ1v) is 5.56. The molecule has 0 amide bonds. The second kappa shape index (κ2) is 5.86. The topological polar surface area (TPSA) is 62.9 Å². The lowest BCUT2D eigenvalue weighted by Gasteiger charge is -2.15. The minimum Gasteiger partial charge on any atom is -0.493 e. The van der Waals surface area contributed by atoms with Crippen molar-refractivity contribution in [1.29, 1.82) is 0 Å². The van der Waals surface area contributed by atoms with Gasteiger partial charge in [0.05, 0.1) is 26.9 Å². The molecule has 0 aliphatic carbocycles. The van der Waals surface area contributed by atoms with Crippen LogP contribution in [0.1, 0.15) is 12.0 Å². The molecule has 1 heterocycles. The van der Waals surface area contributed by atoms with Crippen LogP contribution in [-0.2, 0) is 16.2 Å². The summed E-state index contributed by atoms with van der Waals surface area (Å²) in [5.74, 6) is 6.46. The summed E-state index contributed by atoms with van der Waals surface area (Å²) in [7, 11) is 1.62. The first-order valence-electron chi connectivity index (χ1n) is 5.56. The summed E-state index contributed by atoms with van der Waals surface area (Å²) >= 11 is 0. The Morgan fingerprint density at radius 1 is 1.41 bits per heavy atom. The molecule has 5 nitrogen and oxygen atoms in total. The summed E-state index contributed by atoms with van der Waals surface area (Å²) in [6, 6.07) is 5.62. The summed E-state index contributed by atoms with van der Waals surface area (Å²) in [5.41, 5.74) is 0.946. The van der Waals surface area contributed by atoms with Crippen molar-refractivity contribution in [3.63, 3.8) is 0 Å². The van der Waals surface area contributed by atoms with Crippen molar-refractivity contribution in [3.8, 4) is 11.5 Å². The van der Waals surface area contributed by atoms with Crippen LogP contribution in [0.25, 0.3) is 0 Å². The van der Waals surface area contributed by atoms with Gasteiger partial charge in [-0.15, -0.1) is 0 Å². The fourth-order valence-corrected chi connectivity index (χ4v) is 1.78. The summed E-state index contributed by atoms with van der Waals surface area (Å²) in [4.78, 5) is 4.61. The highest BCUT2D eigenvalue weighted by Gasteiger charge is 2.19. The van der Waals surface area contributed by atoms with E-state index in [1.807, 2.05) is 18.2 Å². The second-order valence-corrected chi connectivity index (χ2v) is 3.90. The van der Waals surface area contributed by atoms with Gasteiger partial charge in [-0.2, -0.15) is 0 Å². The van der Waals surface area contributed by atoms with Crippen LogP contribution in [0.15, 0.2) is 18.2 Å². The lowest BCUT2D eigenvalue weighted by atomic mass is 10.2. The van der Waals surface area contributed by atoms with E-state index in [1.54, 1.807) is 7.11 Å². The minimum absolute atomic E-state index is 0.0953. The summed E-state index contributed by atoms with van der Waals surface area (Å²) in [5, 5.41) is 0. The fraction of sp³-hybridized carbons (Fsp3) is 0.500. The van der Waals surface area contributed by atoms with Gasteiger partial charge in [0.15, 0.2) is 11.5 Å². The van der Waals surface area contributed by atoms with E-state index in [0.717, 1.165) is 18.6 Å². The Balaban J connectivity index is 2.12. The Morgan fingerprint density at radius 2 is 2.29 bits per heavy atom. The third kappa shape index (κ3) is 3.09. The van der Waals surface area contributed by atoms with Crippen LogP contribution < -0.4 is 15.4 Å². The SMILES string of the molecule is COc1ccc(CON)cc1OC1CCOC1. The van der Waals surface area contributed by atoms with Crippen molar-refractivity contribution in [2.24, 2.45) is 5.90 Å². The molecule has 2 N–H and O–H groups in total. The van der Waals surface area contributed by atoms with Gasteiger partial charge >= 0.3 is 0 Å². The molecule has 0 saturated carbocycles. The molecule has 0 radical (unpaired) electrons. The van der Waals surface area contributed by atoms with E-state index >= 15 is 0 Å². The smallest absolute Gasteiger partial charge is 0.162 e. The highest BCUT2D eigenvalue weighted by molar-refractivity contribution is 5.43. The van der Waals surface area contributed by atoms with E-state index in [2.05, 4.69) is 4.84 Å². The predicted molar refractivity (Wildman–Crippen MR) is 61.8 cm³/mol. The van der Waals surface area contributed by atoms with Gasteiger partial charge in [0.1, 0.15) is 6.10 Å².